The summed E-state index contributed by atoms with van der Waals surface area (Å²) in [4.78, 5) is 0. The van der Waals surface area contributed by atoms with Crippen molar-refractivity contribution < 1.29 is 9.47 Å². The fourth-order valence-corrected chi connectivity index (χ4v) is 1.58. The van der Waals surface area contributed by atoms with E-state index in [1.54, 1.807) is 0 Å². The zero-order valence-electron chi connectivity index (χ0n) is 11.6. The summed E-state index contributed by atoms with van der Waals surface area (Å²) in [5.41, 5.74) is -0.0777. The van der Waals surface area contributed by atoms with Gasteiger partial charge in [-0.25, -0.2) is 0 Å². The highest BCUT2D eigenvalue weighted by molar-refractivity contribution is 4.77. The first-order chi connectivity index (χ1) is 7.58. The second kappa shape index (κ2) is 8.97. The summed E-state index contributed by atoms with van der Waals surface area (Å²) in [5.74, 6) is 0. The summed E-state index contributed by atoms with van der Waals surface area (Å²) < 4.78 is 11.4. The summed E-state index contributed by atoms with van der Waals surface area (Å²) in [5, 5.41) is 3.42. The molecule has 1 N–H and O–H groups in total. The average Bonchev–Trinajstić information content (AvgIpc) is 2.26. The largest absolute Gasteiger partial charge is 0.379 e. The van der Waals surface area contributed by atoms with Gasteiger partial charge in [-0.15, -0.1) is 0 Å². The van der Waals surface area contributed by atoms with E-state index in [1.807, 2.05) is 6.92 Å². The Morgan fingerprint density at radius 2 is 1.94 bits per heavy atom. The van der Waals surface area contributed by atoms with Gasteiger partial charge in [0.05, 0.1) is 18.3 Å². The van der Waals surface area contributed by atoms with Crippen LogP contribution in [0.15, 0.2) is 0 Å². The molecular formula is C13H29NO2. The zero-order chi connectivity index (χ0) is 12.4. The average molecular weight is 231 g/mol. The van der Waals surface area contributed by atoms with Gasteiger partial charge in [0.15, 0.2) is 0 Å². The Hall–Kier alpha value is -0.120. The van der Waals surface area contributed by atoms with Gasteiger partial charge in [-0.3, -0.25) is 0 Å². The maximum atomic E-state index is 6.05. The van der Waals surface area contributed by atoms with E-state index >= 15 is 0 Å². The van der Waals surface area contributed by atoms with Crippen molar-refractivity contribution in [1.29, 1.82) is 0 Å². The lowest BCUT2D eigenvalue weighted by Gasteiger charge is -2.32. The molecule has 0 aliphatic carbocycles. The molecule has 0 aromatic carbocycles. The number of rotatable bonds is 10. The first-order valence-corrected chi connectivity index (χ1v) is 6.54. The molecule has 3 heteroatoms. The summed E-state index contributed by atoms with van der Waals surface area (Å²) in [6.45, 7) is 14.0. The molecule has 2 atom stereocenters. The first-order valence-electron chi connectivity index (χ1n) is 6.54. The van der Waals surface area contributed by atoms with Crippen LogP contribution in [0.5, 0.6) is 0 Å². The third-order valence-corrected chi connectivity index (χ3v) is 2.72. The number of nitrogens with one attached hydrogen (secondary N) is 1. The molecule has 98 valence electrons. The van der Waals surface area contributed by atoms with Crippen molar-refractivity contribution in [2.24, 2.45) is 0 Å². The van der Waals surface area contributed by atoms with E-state index in [-0.39, 0.29) is 11.7 Å². The van der Waals surface area contributed by atoms with Gasteiger partial charge in [-0.2, -0.15) is 0 Å². The molecule has 16 heavy (non-hydrogen) atoms. The zero-order valence-corrected chi connectivity index (χ0v) is 11.6. The molecule has 0 aromatic heterocycles. The molecule has 0 aromatic rings. The van der Waals surface area contributed by atoms with Crippen molar-refractivity contribution in [2.75, 3.05) is 26.3 Å². The highest BCUT2D eigenvalue weighted by atomic mass is 16.5. The first kappa shape index (κ1) is 15.9. The Kier molecular flexibility index (Phi) is 8.90. The van der Waals surface area contributed by atoms with E-state index in [0.29, 0.717) is 6.61 Å². The minimum atomic E-state index is -0.0777. The lowest BCUT2D eigenvalue weighted by Crippen LogP contribution is -2.43. The molecule has 0 amide bonds. The van der Waals surface area contributed by atoms with Gasteiger partial charge in [-0.1, -0.05) is 13.8 Å². The van der Waals surface area contributed by atoms with E-state index in [4.69, 9.17) is 9.47 Å². The Morgan fingerprint density at radius 3 is 2.44 bits per heavy atom. The Bertz CT molecular complexity index is 164. The van der Waals surface area contributed by atoms with Crippen LogP contribution in [0.3, 0.4) is 0 Å². The predicted molar refractivity (Wildman–Crippen MR) is 68.9 cm³/mol. The highest BCUT2D eigenvalue weighted by Crippen LogP contribution is 2.16. The van der Waals surface area contributed by atoms with Crippen LogP contribution in [0.2, 0.25) is 0 Å². The topological polar surface area (TPSA) is 30.5 Å². The molecule has 0 aliphatic rings. The van der Waals surface area contributed by atoms with Crippen LogP contribution in [0, 0.1) is 0 Å². The molecule has 0 spiro atoms. The molecule has 0 aliphatic heterocycles. The molecule has 0 saturated heterocycles. The molecule has 2 unspecified atom stereocenters. The number of hydrogen-bond acceptors (Lipinski definition) is 3. The van der Waals surface area contributed by atoms with E-state index in [2.05, 4.69) is 33.0 Å². The van der Waals surface area contributed by atoms with Crippen molar-refractivity contribution in [3.05, 3.63) is 0 Å². The normalized spacial score (nSPS) is 17.1. The van der Waals surface area contributed by atoms with Gasteiger partial charge in [0.2, 0.25) is 0 Å². The molecule has 0 saturated carbocycles. The van der Waals surface area contributed by atoms with Crippen LogP contribution in [0.25, 0.3) is 0 Å². The van der Waals surface area contributed by atoms with Crippen LogP contribution >= 0.6 is 0 Å². The number of ether oxygens (including phenoxy) is 2. The smallest absolute Gasteiger partial charge is 0.0788 e. The lowest BCUT2D eigenvalue weighted by atomic mass is 10.0. The SMILES string of the molecule is CCCNCC(C)(CC)OC(C)COCC. The second-order valence-electron chi connectivity index (χ2n) is 4.57. The maximum absolute atomic E-state index is 6.05. The highest BCUT2D eigenvalue weighted by Gasteiger charge is 2.24. The third-order valence-electron chi connectivity index (χ3n) is 2.72. The quantitative estimate of drug-likeness (QED) is 0.586. The second-order valence-corrected chi connectivity index (χ2v) is 4.57. The van der Waals surface area contributed by atoms with Crippen molar-refractivity contribution in [1.82, 2.24) is 5.32 Å². The van der Waals surface area contributed by atoms with Crippen LogP contribution in [0.4, 0.5) is 0 Å². The van der Waals surface area contributed by atoms with Crippen molar-refractivity contribution in [3.8, 4) is 0 Å². The Balaban J connectivity index is 3.93. The predicted octanol–water partition coefficient (Wildman–Crippen LogP) is 2.60. The molecule has 3 nitrogen and oxygen atoms in total. The Morgan fingerprint density at radius 1 is 1.25 bits per heavy atom. The van der Waals surface area contributed by atoms with Crippen molar-refractivity contribution >= 4 is 0 Å². The van der Waals surface area contributed by atoms with Gasteiger partial charge in [0.1, 0.15) is 0 Å². The van der Waals surface area contributed by atoms with Crippen molar-refractivity contribution in [3.63, 3.8) is 0 Å². The van der Waals surface area contributed by atoms with Gasteiger partial charge in [-0.05, 0) is 40.2 Å². The molecule has 0 heterocycles. The minimum absolute atomic E-state index is 0.0777. The standard InChI is InChI=1S/C13H29NO2/c1-6-9-14-11-13(5,7-2)16-12(4)10-15-8-3/h12,14H,6-11H2,1-5H3. The van der Waals surface area contributed by atoms with Gasteiger partial charge >= 0.3 is 0 Å². The van der Waals surface area contributed by atoms with E-state index in [1.165, 1.54) is 0 Å². The van der Waals surface area contributed by atoms with E-state index in [0.717, 1.165) is 32.5 Å². The molecule has 0 fully saturated rings. The number of hydrogen-bond donors (Lipinski definition) is 1. The molecular weight excluding hydrogens is 202 g/mol. The fraction of sp³-hybridized carbons (Fsp3) is 1.00. The summed E-state index contributed by atoms with van der Waals surface area (Å²) in [6.07, 6.45) is 2.34. The molecule has 0 rings (SSSR count). The fourth-order valence-electron chi connectivity index (χ4n) is 1.58. The Labute approximate surface area is 101 Å². The van der Waals surface area contributed by atoms with E-state index in [9.17, 15) is 0 Å². The molecule has 0 radical (unpaired) electrons. The van der Waals surface area contributed by atoms with Crippen molar-refractivity contribution in [2.45, 2.75) is 59.2 Å². The lowest BCUT2D eigenvalue weighted by molar-refractivity contribution is -0.102. The van der Waals surface area contributed by atoms with Gasteiger partial charge in [0.25, 0.3) is 0 Å². The van der Waals surface area contributed by atoms with Crippen LogP contribution < -0.4 is 5.32 Å². The van der Waals surface area contributed by atoms with Crippen LogP contribution in [0.1, 0.15) is 47.5 Å². The van der Waals surface area contributed by atoms with Crippen LogP contribution in [-0.4, -0.2) is 38.0 Å². The maximum Gasteiger partial charge on any atom is 0.0788 e. The van der Waals surface area contributed by atoms with Crippen LogP contribution in [-0.2, 0) is 9.47 Å². The third kappa shape index (κ3) is 7.20. The monoisotopic (exact) mass is 231 g/mol. The summed E-state index contributed by atoms with van der Waals surface area (Å²) in [7, 11) is 0. The molecule has 0 bridgehead atoms. The van der Waals surface area contributed by atoms with Gasteiger partial charge < -0.3 is 14.8 Å². The van der Waals surface area contributed by atoms with E-state index < -0.39 is 0 Å². The summed E-state index contributed by atoms with van der Waals surface area (Å²) >= 11 is 0. The summed E-state index contributed by atoms with van der Waals surface area (Å²) in [6, 6.07) is 0. The van der Waals surface area contributed by atoms with Gasteiger partial charge in [0, 0.05) is 13.2 Å². The minimum Gasteiger partial charge on any atom is -0.379 e.